The number of para-hydroxylation sites is 1. The Morgan fingerprint density at radius 3 is 1.53 bits per heavy atom. The lowest BCUT2D eigenvalue weighted by Gasteiger charge is -2.26. The molecule has 2 heterocycles. The molecule has 0 atom stereocenters. The molecule has 0 radical (unpaired) electrons. The third kappa shape index (κ3) is 4.07. The summed E-state index contributed by atoms with van der Waals surface area (Å²) in [5.41, 5.74) is 8.76. The summed E-state index contributed by atoms with van der Waals surface area (Å²) >= 11 is 0. The molecule has 0 amide bonds. The van der Waals surface area contributed by atoms with Crippen LogP contribution < -0.4 is 4.90 Å². The van der Waals surface area contributed by atoms with E-state index in [4.69, 9.17) is 8.83 Å². The van der Waals surface area contributed by atoms with Gasteiger partial charge in [0.2, 0.25) is 0 Å². The standard InChI is InChI=1S/C44H27NO2/c1-3-11-28(12-4-1)29-19-21-35(22-20-29)45(34-17-5-2-6-18-34)43-42-38-24-31-14-8-10-16-33(31)26-40(38)46-41(42)27-37-36-23-30-13-7-9-15-32(30)25-39(36)47-44(37)43/h1-27H. The zero-order valence-electron chi connectivity index (χ0n) is 25.4. The first-order chi connectivity index (χ1) is 23.3. The molecule has 0 spiro atoms. The molecule has 10 rings (SSSR count). The van der Waals surface area contributed by atoms with E-state index in [9.17, 15) is 0 Å². The highest BCUT2D eigenvalue weighted by molar-refractivity contribution is 6.26. The topological polar surface area (TPSA) is 29.5 Å². The summed E-state index contributed by atoms with van der Waals surface area (Å²) in [7, 11) is 0. The number of anilines is 3. The van der Waals surface area contributed by atoms with Crippen LogP contribution in [0.3, 0.4) is 0 Å². The highest BCUT2D eigenvalue weighted by Gasteiger charge is 2.26. The number of hydrogen-bond donors (Lipinski definition) is 0. The predicted molar refractivity (Wildman–Crippen MR) is 196 cm³/mol. The molecule has 0 saturated carbocycles. The molecule has 0 saturated heterocycles. The lowest BCUT2D eigenvalue weighted by molar-refractivity contribution is 0.664. The van der Waals surface area contributed by atoms with Crippen LogP contribution >= 0.6 is 0 Å². The zero-order chi connectivity index (χ0) is 30.9. The van der Waals surface area contributed by atoms with Crippen LogP contribution in [-0.4, -0.2) is 0 Å². The number of benzene rings is 8. The molecular formula is C44H27NO2. The Hall–Kier alpha value is -6.32. The summed E-state index contributed by atoms with van der Waals surface area (Å²) in [6.45, 7) is 0. The summed E-state index contributed by atoms with van der Waals surface area (Å²) in [6, 6.07) is 57.7. The molecule has 0 aliphatic rings. The molecule has 10 aromatic rings. The minimum absolute atomic E-state index is 0.828. The lowest BCUT2D eigenvalue weighted by atomic mass is 10.0. The maximum absolute atomic E-state index is 6.94. The van der Waals surface area contributed by atoms with Crippen molar-refractivity contribution in [2.75, 3.05) is 4.90 Å². The van der Waals surface area contributed by atoms with Crippen LogP contribution in [0.1, 0.15) is 0 Å². The Morgan fingerprint density at radius 1 is 0.362 bits per heavy atom. The summed E-state index contributed by atoms with van der Waals surface area (Å²) in [5, 5.41) is 8.83. The first-order valence-electron chi connectivity index (χ1n) is 15.9. The van der Waals surface area contributed by atoms with Gasteiger partial charge in [0.05, 0.1) is 5.39 Å². The monoisotopic (exact) mass is 601 g/mol. The van der Waals surface area contributed by atoms with E-state index in [1.807, 2.05) is 0 Å². The maximum Gasteiger partial charge on any atom is 0.160 e. The Morgan fingerprint density at radius 2 is 0.872 bits per heavy atom. The molecule has 47 heavy (non-hydrogen) atoms. The van der Waals surface area contributed by atoms with E-state index in [0.717, 1.165) is 71.7 Å². The average Bonchev–Trinajstić information content (AvgIpc) is 3.67. The van der Waals surface area contributed by atoms with Gasteiger partial charge in [-0.25, -0.2) is 0 Å². The number of rotatable bonds is 4. The van der Waals surface area contributed by atoms with Crippen molar-refractivity contribution in [1.29, 1.82) is 0 Å². The van der Waals surface area contributed by atoms with Crippen LogP contribution in [0, 0.1) is 0 Å². The van der Waals surface area contributed by atoms with Gasteiger partial charge in [-0.05, 0) is 87.3 Å². The molecule has 2 aromatic heterocycles. The molecular weight excluding hydrogens is 574 g/mol. The highest BCUT2D eigenvalue weighted by atomic mass is 16.3. The molecule has 0 unspecified atom stereocenters. The number of furan rings is 2. The van der Waals surface area contributed by atoms with Crippen molar-refractivity contribution in [3.05, 3.63) is 164 Å². The molecule has 3 heteroatoms. The second kappa shape index (κ2) is 10.1. The van der Waals surface area contributed by atoms with Crippen molar-refractivity contribution in [1.82, 2.24) is 0 Å². The first kappa shape index (κ1) is 26.0. The Bertz CT molecular complexity index is 2760. The van der Waals surface area contributed by atoms with E-state index in [1.165, 1.54) is 21.9 Å². The van der Waals surface area contributed by atoms with E-state index in [2.05, 4.69) is 169 Å². The van der Waals surface area contributed by atoms with Crippen molar-refractivity contribution in [3.8, 4) is 11.1 Å². The van der Waals surface area contributed by atoms with Crippen LogP contribution in [0.2, 0.25) is 0 Å². The molecule has 0 fully saturated rings. The molecule has 220 valence electrons. The van der Waals surface area contributed by atoms with Crippen LogP contribution in [0.5, 0.6) is 0 Å². The van der Waals surface area contributed by atoms with Gasteiger partial charge in [0, 0.05) is 27.5 Å². The van der Waals surface area contributed by atoms with E-state index < -0.39 is 0 Å². The maximum atomic E-state index is 6.94. The van der Waals surface area contributed by atoms with Gasteiger partial charge < -0.3 is 13.7 Å². The second-order valence-electron chi connectivity index (χ2n) is 12.2. The van der Waals surface area contributed by atoms with Gasteiger partial charge in [-0.2, -0.15) is 0 Å². The van der Waals surface area contributed by atoms with Gasteiger partial charge in [-0.1, -0.05) is 109 Å². The third-order valence-corrected chi connectivity index (χ3v) is 9.38. The summed E-state index contributed by atoms with van der Waals surface area (Å²) in [6.07, 6.45) is 0. The smallest absolute Gasteiger partial charge is 0.160 e. The van der Waals surface area contributed by atoms with Crippen molar-refractivity contribution in [3.63, 3.8) is 0 Å². The van der Waals surface area contributed by atoms with E-state index >= 15 is 0 Å². The van der Waals surface area contributed by atoms with Crippen molar-refractivity contribution >= 4 is 82.5 Å². The molecule has 3 nitrogen and oxygen atoms in total. The van der Waals surface area contributed by atoms with E-state index in [-0.39, 0.29) is 0 Å². The molecule has 8 aromatic carbocycles. The minimum atomic E-state index is 0.828. The average molecular weight is 602 g/mol. The van der Waals surface area contributed by atoms with E-state index in [1.54, 1.807) is 0 Å². The molecule has 0 aliphatic carbocycles. The van der Waals surface area contributed by atoms with Crippen molar-refractivity contribution in [2.24, 2.45) is 0 Å². The second-order valence-corrected chi connectivity index (χ2v) is 12.2. The van der Waals surface area contributed by atoms with Crippen LogP contribution in [0.15, 0.2) is 173 Å². The van der Waals surface area contributed by atoms with Crippen LogP contribution in [0.25, 0.3) is 76.5 Å². The SMILES string of the molecule is c1ccc(-c2ccc(N(c3ccccc3)c3c4oc5cc6ccccc6cc5c4cc4oc5cc6ccccc6cc5c34)cc2)cc1. The Kier molecular flexibility index (Phi) is 5.57. The van der Waals surface area contributed by atoms with Crippen LogP contribution in [0.4, 0.5) is 17.1 Å². The van der Waals surface area contributed by atoms with Gasteiger partial charge >= 0.3 is 0 Å². The highest BCUT2D eigenvalue weighted by Crippen LogP contribution is 2.50. The van der Waals surface area contributed by atoms with Gasteiger partial charge in [-0.15, -0.1) is 0 Å². The molecule has 0 aliphatic heterocycles. The molecule has 0 bridgehead atoms. The summed E-state index contributed by atoms with van der Waals surface area (Å²) < 4.78 is 13.7. The number of hydrogen-bond acceptors (Lipinski definition) is 3. The number of nitrogens with zero attached hydrogens (tertiary/aromatic N) is 1. The first-order valence-corrected chi connectivity index (χ1v) is 15.9. The van der Waals surface area contributed by atoms with Gasteiger partial charge in [-0.3, -0.25) is 0 Å². The predicted octanol–water partition coefficient (Wildman–Crippen LogP) is 12.9. The van der Waals surface area contributed by atoms with Gasteiger partial charge in [0.1, 0.15) is 22.4 Å². The Balaban J connectivity index is 1.34. The molecule has 0 N–H and O–H groups in total. The largest absolute Gasteiger partial charge is 0.456 e. The third-order valence-electron chi connectivity index (χ3n) is 9.38. The minimum Gasteiger partial charge on any atom is -0.456 e. The van der Waals surface area contributed by atoms with Crippen LogP contribution in [-0.2, 0) is 0 Å². The van der Waals surface area contributed by atoms with Crippen molar-refractivity contribution < 1.29 is 8.83 Å². The quantitative estimate of drug-likeness (QED) is 0.201. The van der Waals surface area contributed by atoms with E-state index in [0.29, 0.717) is 0 Å². The fraction of sp³-hybridized carbons (Fsp3) is 0. The fourth-order valence-electron chi connectivity index (χ4n) is 7.14. The number of fused-ring (bicyclic) bond motifs is 8. The van der Waals surface area contributed by atoms with Crippen molar-refractivity contribution in [2.45, 2.75) is 0 Å². The fourth-order valence-corrected chi connectivity index (χ4v) is 7.14. The summed E-state index contributed by atoms with van der Waals surface area (Å²) in [4.78, 5) is 2.33. The Labute approximate surface area is 270 Å². The zero-order valence-corrected chi connectivity index (χ0v) is 25.4. The summed E-state index contributed by atoms with van der Waals surface area (Å²) in [5.74, 6) is 0. The van der Waals surface area contributed by atoms with Gasteiger partial charge in [0.25, 0.3) is 0 Å². The van der Waals surface area contributed by atoms with Gasteiger partial charge in [0.15, 0.2) is 5.58 Å². The lowest BCUT2D eigenvalue weighted by Crippen LogP contribution is -2.10. The normalized spacial score (nSPS) is 11.8.